The zero-order chi connectivity index (χ0) is 14.5. The quantitative estimate of drug-likeness (QED) is 0.911. The van der Waals surface area contributed by atoms with Gasteiger partial charge < -0.3 is 10.2 Å². The molecule has 1 heterocycles. The Bertz CT molecular complexity index is 557. The number of rotatable bonds is 5. The molecule has 0 aliphatic carbocycles. The van der Waals surface area contributed by atoms with Crippen molar-refractivity contribution in [3.05, 3.63) is 58.9 Å². The summed E-state index contributed by atoms with van der Waals surface area (Å²) in [5.74, 6) is 0. The predicted octanol–water partition coefficient (Wildman–Crippen LogP) is 3.65. The molecule has 0 amide bonds. The van der Waals surface area contributed by atoms with Gasteiger partial charge in [0.25, 0.3) is 0 Å². The molecule has 0 spiro atoms. The molecule has 1 N–H and O–H groups in total. The van der Waals surface area contributed by atoms with Crippen LogP contribution >= 0.6 is 11.6 Å². The van der Waals surface area contributed by atoms with Crippen LogP contribution in [-0.4, -0.2) is 19.1 Å². The average molecular weight is 290 g/mol. The minimum absolute atomic E-state index is 0.248. The summed E-state index contributed by atoms with van der Waals surface area (Å²) in [4.78, 5) is 6.48. The molecule has 0 saturated carbocycles. The Kier molecular flexibility index (Phi) is 4.99. The Hall–Kier alpha value is -1.58. The van der Waals surface area contributed by atoms with Gasteiger partial charge in [-0.1, -0.05) is 23.7 Å². The van der Waals surface area contributed by atoms with Gasteiger partial charge >= 0.3 is 0 Å². The van der Waals surface area contributed by atoms with Crippen LogP contribution in [0.15, 0.2) is 42.6 Å². The van der Waals surface area contributed by atoms with Gasteiger partial charge in [0, 0.05) is 30.0 Å². The predicted molar refractivity (Wildman–Crippen MR) is 85.3 cm³/mol. The zero-order valence-corrected chi connectivity index (χ0v) is 12.9. The smallest absolute Gasteiger partial charge is 0.0598 e. The first-order valence-corrected chi connectivity index (χ1v) is 7.07. The number of hydrogen-bond donors (Lipinski definition) is 1. The second-order valence-electron chi connectivity index (χ2n) is 4.89. The lowest BCUT2D eigenvalue weighted by atomic mass is 10.1. The highest BCUT2D eigenvalue weighted by atomic mass is 35.5. The van der Waals surface area contributed by atoms with Crippen LogP contribution in [0.25, 0.3) is 0 Å². The summed E-state index contributed by atoms with van der Waals surface area (Å²) < 4.78 is 0. The Morgan fingerprint density at radius 3 is 2.70 bits per heavy atom. The lowest BCUT2D eigenvalue weighted by molar-refractivity contribution is 0.652. The van der Waals surface area contributed by atoms with E-state index in [1.165, 1.54) is 0 Å². The number of anilines is 1. The number of halogens is 1. The van der Waals surface area contributed by atoms with Gasteiger partial charge in [-0.05, 0) is 43.8 Å². The molecule has 4 heteroatoms. The van der Waals surface area contributed by atoms with Crippen molar-refractivity contribution in [1.82, 2.24) is 10.3 Å². The van der Waals surface area contributed by atoms with E-state index >= 15 is 0 Å². The van der Waals surface area contributed by atoms with Crippen LogP contribution in [-0.2, 0) is 6.54 Å². The lowest BCUT2D eigenvalue weighted by Gasteiger charge is -2.21. The maximum absolute atomic E-state index is 6.37. The van der Waals surface area contributed by atoms with Gasteiger partial charge in [0.2, 0.25) is 0 Å². The second-order valence-corrected chi connectivity index (χ2v) is 5.30. The summed E-state index contributed by atoms with van der Waals surface area (Å²) in [5, 5.41) is 3.99. The van der Waals surface area contributed by atoms with Crippen molar-refractivity contribution in [3.8, 4) is 0 Å². The van der Waals surface area contributed by atoms with Gasteiger partial charge in [-0.2, -0.15) is 0 Å². The first-order chi connectivity index (χ1) is 9.61. The summed E-state index contributed by atoms with van der Waals surface area (Å²) in [6, 6.07) is 12.4. The van der Waals surface area contributed by atoms with Crippen LogP contribution in [0.4, 0.5) is 5.69 Å². The molecule has 2 aromatic rings. The monoisotopic (exact) mass is 289 g/mol. The molecule has 0 bridgehead atoms. The van der Waals surface area contributed by atoms with Gasteiger partial charge in [-0.15, -0.1) is 0 Å². The number of pyridine rings is 1. The van der Waals surface area contributed by atoms with Crippen molar-refractivity contribution < 1.29 is 0 Å². The Morgan fingerprint density at radius 2 is 2.10 bits per heavy atom. The molecule has 20 heavy (non-hydrogen) atoms. The van der Waals surface area contributed by atoms with E-state index in [9.17, 15) is 0 Å². The third kappa shape index (κ3) is 3.50. The Labute approximate surface area is 125 Å². The number of aromatic nitrogens is 1. The molecule has 106 valence electrons. The van der Waals surface area contributed by atoms with Crippen LogP contribution in [0.5, 0.6) is 0 Å². The summed E-state index contributed by atoms with van der Waals surface area (Å²) in [6.45, 7) is 2.86. The third-order valence-corrected chi connectivity index (χ3v) is 3.78. The topological polar surface area (TPSA) is 28.2 Å². The van der Waals surface area contributed by atoms with Crippen molar-refractivity contribution >= 4 is 17.3 Å². The Morgan fingerprint density at radius 1 is 1.30 bits per heavy atom. The first-order valence-electron chi connectivity index (χ1n) is 6.69. The summed E-state index contributed by atoms with van der Waals surface area (Å²) in [6.07, 6.45) is 1.81. The highest BCUT2D eigenvalue weighted by Crippen LogP contribution is 2.27. The van der Waals surface area contributed by atoms with Gasteiger partial charge in [0.15, 0.2) is 0 Å². The molecule has 1 unspecified atom stereocenters. The largest absolute Gasteiger partial charge is 0.369 e. The lowest BCUT2D eigenvalue weighted by Crippen LogP contribution is -2.18. The van der Waals surface area contributed by atoms with Crippen LogP contribution in [0.2, 0.25) is 5.02 Å². The molecular weight excluding hydrogens is 270 g/mol. The fourth-order valence-electron chi connectivity index (χ4n) is 2.09. The number of benzene rings is 1. The summed E-state index contributed by atoms with van der Waals surface area (Å²) in [5.41, 5.74) is 3.25. The molecule has 1 atom stereocenters. The molecule has 2 rings (SSSR count). The van der Waals surface area contributed by atoms with Crippen LogP contribution in [0.1, 0.15) is 24.2 Å². The maximum atomic E-state index is 6.37. The molecule has 1 aromatic carbocycles. The zero-order valence-electron chi connectivity index (χ0n) is 12.1. The second kappa shape index (κ2) is 6.73. The van der Waals surface area contributed by atoms with Crippen molar-refractivity contribution in [2.45, 2.75) is 19.5 Å². The minimum Gasteiger partial charge on any atom is -0.369 e. The van der Waals surface area contributed by atoms with Gasteiger partial charge in [0.1, 0.15) is 0 Å². The van der Waals surface area contributed by atoms with Gasteiger partial charge in [-0.25, -0.2) is 0 Å². The minimum atomic E-state index is 0.248. The molecule has 0 aliphatic heterocycles. The van der Waals surface area contributed by atoms with Gasteiger partial charge in [-0.3, -0.25) is 4.98 Å². The standard InChI is InChI=1S/C16H20ClN3/c1-12(18-2)15-8-7-14(10-16(15)17)20(3)11-13-6-4-5-9-19-13/h4-10,12,18H,11H2,1-3H3. The maximum Gasteiger partial charge on any atom is 0.0598 e. The van der Waals surface area contributed by atoms with E-state index in [2.05, 4.69) is 34.3 Å². The van der Waals surface area contributed by atoms with Crippen molar-refractivity contribution in [1.29, 1.82) is 0 Å². The van der Waals surface area contributed by atoms with E-state index in [0.717, 1.165) is 28.5 Å². The fraction of sp³-hybridized carbons (Fsp3) is 0.312. The van der Waals surface area contributed by atoms with E-state index < -0.39 is 0 Å². The van der Waals surface area contributed by atoms with Crippen molar-refractivity contribution in [2.24, 2.45) is 0 Å². The van der Waals surface area contributed by atoms with Gasteiger partial charge in [0.05, 0.1) is 12.2 Å². The van der Waals surface area contributed by atoms with E-state index in [1.807, 2.05) is 44.6 Å². The molecule has 1 aromatic heterocycles. The normalized spacial score (nSPS) is 12.2. The summed E-state index contributed by atoms with van der Waals surface area (Å²) >= 11 is 6.37. The highest BCUT2D eigenvalue weighted by molar-refractivity contribution is 6.31. The molecule has 0 radical (unpaired) electrons. The fourth-order valence-corrected chi connectivity index (χ4v) is 2.42. The number of nitrogens with zero attached hydrogens (tertiary/aromatic N) is 2. The number of hydrogen-bond acceptors (Lipinski definition) is 3. The molecule has 3 nitrogen and oxygen atoms in total. The van der Waals surface area contributed by atoms with E-state index in [0.29, 0.717) is 0 Å². The molecular formula is C16H20ClN3. The molecule has 0 saturated heterocycles. The van der Waals surface area contributed by atoms with Crippen molar-refractivity contribution in [2.75, 3.05) is 19.0 Å². The number of nitrogens with one attached hydrogen (secondary N) is 1. The SMILES string of the molecule is CNC(C)c1ccc(N(C)Cc2ccccn2)cc1Cl. The Balaban J connectivity index is 2.15. The van der Waals surface area contributed by atoms with Crippen LogP contribution in [0.3, 0.4) is 0 Å². The van der Waals surface area contributed by atoms with Crippen LogP contribution < -0.4 is 10.2 Å². The van der Waals surface area contributed by atoms with E-state index in [1.54, 1.807) is 0 Å². The molecule has 0 aliphatic rings. The third-order valence-electron chi connectivity index (χ3n) is 3.45. The van der Waals surface area contributed by atoms with Crippen LogP contribution in [0, 0.1) is 0 Å². The first kappa shape index (κ1) is 14.8. The molecule has 0 fully saturated rings. The van der Waals surface area contributed by atoms with E-state index in [-0.39, 0.29) is 6.04 Å². The average Bonchev–Trinajstić information content (AvgIpc) is 2.47. The summed E-state index contributed by atoms with van der Waals surface area (Å²) in [7, 11) is 3.98. The van der Waals surface area contributed by atoms with Crippen molar-refractivity contribution in [3.63, 3.8) is 0 Å². The highest BCUT2D eigenvalue weighted by Gasteiger charge is 2.10. The van der Waals surface area contributed by atoms with E-state index in [4.69, 9.17) is 11.6 Å².